The van der Waals surface area contributed by atoms with Crippen LogP contribution in [0, 0.1) is 5.92 Å². The summed E-state index contributed by atoms with van der Waals surface area (Å²) in [6.45, 7) is 0. The number of hydrogen-bond donors (Lipinski definition) is 1. The molecule has 0 spiro atoms. The van der Waals surface area contributed by atoms with Gasteiger partial charge in [0.05, 0.1) is 26.0 Å². The molecule has 2 aromatic rings. The van der Waals surface area contributed by atoms with Crippen molar-refractivity contribution in [1.29, 1.82) is 0 Å². The first-order chi connectivity index (χ1) is 13.1. The van der Waals surface area contributed by atoms with Crippen molar-refractivity contribution in [3.8, 4) is 17.2 Å². The molecule has 7 heteroatoms. The zero-order valence-corrected chi connectivity index (χ0v) is 15.1. The van der Waals surface area contributed by atoms with Crippen LogP contribution in [0.2, 0.25) is 0 Å². The number of nitrogens with zero attached hydrogens (tertiary/aromatic N) is 1. The van der Waals surface area contributed by atoms with Crippen LogP contribution >= 0.6 is 0 Å². The highest BCUT2D eigenvalue weighted by Gasteiger charge is 2.29. The maximum absolute atomic E-state index is 12.3. The Morgan fingerprint density at radius 2 is 1.78 bits per heavy atom. The zero-order chi connectivity index (χ0) is 19.2. The number of amides is 1. The van der Waals surface area contributed by atoms with Crippen molar-refractivity contribution < 1.29 is 23.8 Å². The van der Waals surface area contributed by atoms with Gasteiger partial charge in [-0.05, 0) is 60.9 Å². The number of carbonyl (C=O) groups excluding carboxylic acids is 2. The van der Waals surface area contributed by atoms with E-state index < -0.39 is 5.97 Å². The normalized spacial score (nSPS) is 13.3. The molecule has 1 N–H and O–H groups in total. The average molecular weight is 368 g/mol. The summed E-state index contributed by atoms with van der Waals surface area (Å²) in [5.41, 5.74) is 3.60. The molecule has 7 nitrogen and oxygen atoms in total. The fraction of sp³-hybridized carbons (Fsp3) is 0.250. The zero-order valence-electron chi connectivity index (χ0n) is 15.1. The van der Waals surface area contributed by atoms with Crippen molar-refractivity contribution in [1.82, 2.24) is 5.43 Å². The molecular formula is C20H20N2O5. The molecule has 27 heavy (non-hydrogen) atoms. The quantitative estimate of drug-likeness (QED) is 0.351. The maximum atomic E-state index is 12.3. The predicted octanol–water partition coefficient (Wildman–Crippen LogP) is 2.78. The standard InChI is InChI=1S/C20H20N2O5/c1-25-16-8-6-15(7-9-16)20(24)27-17-10-3-13(11-18(17)26-2)12-21-22-19(23)14-4-5-14/h3,6-12,14H,4-5H2,1-2H3,(H,22,23)/b21-12+. The molecule has 0 radical (unpaired) electrons. The lowest BCUT2D eigenvalue weighted by atomic mass is 10.2. The fourth-order valence-corrected chi connectivity index (χ4v) is 2.34. The number of ether oxygens (including phenoxy) is 3. The predicted molar refractivity (Wildman–Crippen MR) is 99.4 cm³/mol. The van der Waals surface area contributed by atoms with E-state index in [9.17, 15) is 9.59 Å². The third-order valence-corrected chi connectivity index (χ3v) is 4.05. The SMILES string of the molecule is COc1ccc(C(=O)Oc2ccc(/C=N/NC(=O)C3CC3)cc2OC)cc1. The van der Waals surface area contributed by atoms with Gasteiger partial charge in [0.15, 0.2) is 11.5 Å². The molecule has 1 aliphatic carbocycles. The maximum Gasteiger partial charge on any atom is 0.343 e. The molecule has 0 aromatic heterocycles. The Morgan fingerprint density at radius 3 is 2.41 bits per heavy atom. The molecule has 1 aliphatic rings. The van der Waals surface area contributed by atoms with Crippen LogP contribution < -0.4 is 19.6 Å². The Bertz CT molecular complexity index is 857. The molecule has 1 amide bonds. The van der Waals surface area contributed by atoms with Crippen LogP contribution in [0.25, 0.3) is 0 Å². The molecule has 3 rings (SSSR count). The molecule has 140 valence electrons. The van der Waals surface area contributed by atoms with Crippen LogP contribution in [0.15, 0.2) is 47.6 Å². The Kier molecular flexibility index (Phi) is 5.71. The minimum atomic E-state index is -0.505. The topological polar surface area (TPSA) is 86.2 Å². The number of benzene rings is 2. The highest BCUT2D eigenvalue weighted by Crippen LogP contribution is 2.29. The molecule has 0 heterocycles. The van der Waals surface area contributed by atoms with Crippen molar-refractivity contribution in [2.75, 3.05) is 14.2 Å². The molecular weight excluding hydrogens is 348 g/mol. The van der Waals surface area contributed by atoms with Gasteiger partial charge in [0, 0.05) is 5.92 Å². The molecule has 1 saturated carbocycles. The minimum absolute atomic E-state index is 0.0664. The second-order valence-electron chi connectivity index (χ2n) is 6.04. The number of nitrogens with one attached hydrogen (secondary N) is 1. The lowest BCUT2D eigenvalue weighted by Crippen LogP contribution is -2.18. The summed E-state index contributed by atoms with van der Waals surface area (Å²) in [6.07, 6.45) is 3.35. The number of rotatable bonds is 7. The van der Waals surface area contributed by atoms with E-state index >= 15 is 0 Å². The lowest BCUT2D eigenvalue weighted by molar-refractivity contribution is -0.122. The van der Waals surface area contributed by atoms with Crippen molar-refractivity contribution in [2.45, 2.75) is 12.8 Å². The van der Waals surface area contributed by atoms with E-state index in [1.165, 1.54) is 13.3 Å². The van der Waals surface area contributed by atoms with E-state index in [4.69, 9.17) is 14.2 Å². The first kappa shape index (κ1) is 18.4. The van der Waals surface area contributed by atoms with Gasteiger partial charge >= 0.3 is 5.97 Å². The van der Waals surface area contributed by atoms with E-state index in [0.717, 1.165) is 12.8 Å². The molecule has 0 unspecified atom stereocenters. The Labute approximate surface area is 156 Å². The smallest absolute Gasteiger partial charge is 0.343 e. The molecule has 1 fully saturated rings. The van der Waals surface area contributed by atoms with Crippen molar-refractivity contribution in [3.05, 3.63) is 53.6 Å². The van der Waals surface area contributed by atoms with Gasteiger partial charge in [-0.2, -0.15) is 5.10 Å². The molecule has 0 saturated heterocycles. The molecule has 0 bridgehead atoms. The van der Waals surface area contributed by atoms with Gasteiger partial charge in [-0.25, -0.2) is 10.2 Å². The second-order valence-corrected chi connectivity index (χ2v) is 6.04. The minimum Gasteiger partial charge on any atom is -0.497 e. The van der Waals surface area contributed by atoms with Crippen LogP contribution in [0.4, 0.5) is 0 Å². The largest absolute Gasteiger partial charge is 0.497 e. The van der Waals surface area contributed by atoms with Crippen LogP contribution in [0.3, 0.4) is 0 Å². The summed E-state index contributed by atoms with van der Waals surface area (Å²) in [7, 11) is 3.04. The number of hydrogen-bond acceptors (Lipinski definition) is 6. The highest BCUT2D eigenvalue weighted by molar-refractivity contribution is 5.92. The van der Waals surface area contributed by atoms with Crippen LogP contribution in [0.5, 0.6) is 17.2 Å². The number of carbonyl (C=O) groups is 2. The van der Waals surface area contributed by atoms with Crippen molar-refractivity contribution in [2.24, 2.45) is 11.0 Å². The van der Waals surface area contributed by atoms with Gasteiger partial charge < -0.3 is 14.2 Å². The molecule has 2 aromatic carbocycles. The summed E-state index contributed by atoms with van der Waals surface area (Å²) < 4.78 is 15.8. The van der Waals surface area contributed by atoms with E-state index in [1.807, 2.05) is 0 Å². The summed E-state index contributed by atoms with van der Waals surface area (Å²) >= 11 is 0. The van der Waals surface area contributed by atoms with Gasteiger partial charge in [-0.3, -0.25) is 4.79 Å². The first-order valence-corrected chi connectivity index (χ1v) is 8.48. The molecule has 0 atom stereocenters. The van der Waals surface area contributed by atoms with E-state index in [-0.39, 0.29) is 17.6 Å². The van der Waals surface area contributed by atoms with Crippen molar-refractivity contribution >= 4 is 18.1 Å². The average Bonchev–Trinajstić information content (AvgIpc) is 3.54. The monoisotopic (exact) mass is 368 g/mol. The first-order valence-electron chi connectivity index (χ1n) is 8.48. The number of esters is 1. The summed E-state index contributed by atoms with van der Waals surface area (Å²) in [5, 5.41) is 3.93. The summed E-state index contributed by atoms with van der Waals surface area (Å²) in [6, 6.07) is 11.6. The lowest BCUT2D eigenvalue weighted by Gasteiger charge is -2.10. The third-order valence-electron chi connectivity index (χ3n) is 4.05. The van der Waals surface area contributed by atoms with E-state index in [2.05, 4.69) is 10.5 Å². The highest BCUT2D eigenvalue weighted by atomic mass is 16.6. The Hall–Kier alpha value is -3.35. The van der Waals surface area contributed by atoms with Crippen LogP contribution in [-0.4, -0.2) is 32.3 Å². The van der Waals surface area contributed by atoms with Gasteiger partial charge in [-0.1, -0.05) is 0 Å². The van der Waals surface area contributed by atoms with Crippen LogP contribution in [0.1, 0.15) is 28.8 Å². The summed E-state index contributed by atoms with van der Waals surface area (Å²) in [4.78, 5) is 23.8. The van der Waals surface area contributed by atoms with Gasteiger partial charge in [0.25, 0.3) is 0 Å². The second kappa shape index (κ2) is 8.35. The van der Waals surface area contributed by atoms with Crippen molar-refractivity contribution in [3.63, 3.8) is 0 Å². The number of hydrazone groups is 1. The Morgan fingerprint density at radius 1 is 1.04 bits per heavy atom. The van der Waals surface area contributed by atoms with Crippen LogP contribution in [-0.2, 0) is 4.79 Å². The number of methoxy groups -OCH3 is 2. The fourth-order valence-electron chi connectivity index (χ4n) is 2.34. The Balaban J connectivity index is 1.66. The van der Waals surface area contributed by atoms with E-state index in [0.29, 0.717) is 22.6 Å². The van der Waals surface area contributed by atoms with Gasteiger partial charge in [-0.15, -0.1) is 0 Å². The third kappa shape index (κ3) is 4.84. The van der Waals surface area contributed by atoms with Gasteiger partial charge in [0.2, 0.25) is 5.91 Å². The molecule has 0 aliphatic heterocycles. The van der Waals surface area contributed by atoms with Gasteiger partial charge in [0.1, 0.15) is 5.75 Å². The summed E-state index contributed by atoms with van der Waals surface area (Å²) in [5.74, 6) is 0.849. The van der Waals surface area contributed by atoms with E-state index in [1.54, 1.807) is 49.6 Å².